The van der Waals surface area contributed by atoms with Crippen molar-refractivity contribution in [1.29, 1.82) is 0 Å². The lowest BCUT2D eigenvalue weighted by molar-refractivity contribution is -0.0507. The molecule has 0 unspecified atom stereocenters. The van der Waals surface area contributed by atoms with Gasteiger partial charge in [0.2, 0.25) is 0 Å². The SMILES string of the molecule is CP(C)(=O)Cc1c(F)cc(-c2ccc3nc4n(c3c2)[C@@H]2C[C@H]4NC(=O)c3cccc(OC(F)F)c32)cc1F. The van der Waals surface area contributed by atoms with Crippen molar-refractivity contribution in [1.82, 2.24) is 14.9 Å². The van der Waals surface area contributed by atoms with Crippen molar-refractivity contribution >= 4 is 24.1 Å². The summed E-state index contributed by atoms with van der Waals surface area (Å²) in [5, 5.41) is 2.92. The van der Waals surface area contributed by atoms with E-state index in [0.29, 0.717) is 34.4 Å². The number of nitrogens with one attached hydrogen (secondary N) is 1. The number of nitrogens with zero attached hydrogens (tertiary/aromatic N) is 2. The number of fused-ring (bicyclic) bond motifs is 9. The standard InChI is InChI=1S/C27H22F4N3O3P/c1-38(2,36)12-16-17(28)8-14(9-18(16)29)13-6-7-19-21(10-13)34-22-11-20(25(34)32-19)33-26(35)15-4-3-5-23(24(15)22)37-27(30)31/h3-10,20,22,27H,11-12H2,1-2H3,(H,33,35)/t20-,22-/m1/s1. The number of halogens is 4. The molecule has 38 heavy (non-hydrogen) atoms. The number of hydrogen-bond donors (Lipinski definition) is 1. The first-order chi connectivity index (χ1) is 18.0. The highest BCUT2D eigenvalue weighted by Crippen LogP contribution is 2.48. The van der Waals surface area contributed by atoms with Gasteiger partial charge in [0.25, 0.3) is 5.91 Å². The molecule has 2 atom stereocenters. The van der Waals surface area contributed by atoms with Crippen molar-refractivity contribution in [3.05, 3.63) is 82.7 Å². The molecule has 11 heteroatoms. The van der Waals surface area contributed by atoms with E-state index in [1.54, 1.807) is 24.3 Å². The Kier molecular flexibility index (Phi) is 5.65. The molecule has 6 nitrogen and oxygen atoms in total. The van der Waals surface area contributed by atoms with Crippen LogP contribution in [0.25, 0.3) is 22.2 Å². The van der Waals surface area contributed by atoms with Gasteiger partial charge in [-0.3, -0.25) is 4.79 Å². The van der Waals surface area contributed by atoms with Gasteiger partial charge in [0.15, 0.2) is 0 Å². The Bertz CT molecular complexity index is 1660. The summed E-state index contributed by atoms with van der Waals surface area (Å²) in [5.74, 6) is -1.49. The number of hydrogen-bond acceptors (Lipinski definition) is 4. The molecule has 6 rings (SSSR count). The third-order valence-electron chi connectivity index (χ3n) is 6.98. The summed E-state index contributed by atoms with van der Waals surface area (Å²) in [6, 6.07) is 11.0. The molecule has 0 saturated carbocycles. The molecule has 1 N–H and O–H groups in total. The second-order valence-electron chi connectivity index (χ2n) is 10.1. The van der Waals surface area contributed by atoms with Crippen LogP contribution in [0.2, 0.25) is 0 Å². The average molecular weight is 543 g/mol. The molecule has 1 amide bonds. The summed E-state index contributed by atoms with van der Waals surface area (Å²) in [6.07, 6.45) is 0.203. The van der Waals surface area contributed by atoms with Gasteiger partial charge in [0, 0.05) is 22.9 Å². The van der Waals surface area contributed by atoms with Crippen LogP contribution in [-0.4, -0.2) is 35.4 Å². The molecule has 1 aromatic heterocycles. The first-order valence-corrected chi connectivity index (χ1v) is 14.7. The Balaban J connectivity index is 1.50. The molecule has 2 bridgehead atoms. The van der Waals surface area contributed by atoms with Crippen molar-refractivity contribution in [2.75, 3.05) is 13.3 Å². The van der Waals surface area contributed by atoms with Gasteiger partial charge in [0.1, 0.15) is 23.2 Å². The number of carbonyl (C=O) groups excluding carboxylic acids is 1. The summed E-state index contributed by atoms with van der Waals surface area (Å²) in [4.78, 5) is 17.6. The predicted octanol–water partition coefficient (Wildman–Crippen LogP) is 6.48. The van der Waals surface area contributed by atoms with Gasteiger partial charge in [-0.2, -0.15) is 8.78 Å². The molecule has 3 aromatic carbocycles. The van der Waals surface area contributed by atoms with Crippen LogP contribution in [0.3, 0.4) is 0 Å². The summed E-state index contributed by atoms with van der Waals surface area (Å²) in [5.41, 5.74) is 2.37. The van der Waals surface area contributed by atoms with Crippen LogP contribution in [0.4, 0.5) is 17.6 Å². The summed E-state index contributed by atoms with van der Waals surface area (Å²) in [7, 11) is -2.70. The first kappa shape index (κ1) is 24.7. The van der Waals surface area contributed by atoms with Crippen molar-refractivity contribution in [3.63, 3.8) is 0 Å². The van der Waals surface area contributed by atoms with Gasteiger partial charge in [-0.25, -0.2) is 13.8 Å². The minimum absolute atomic E-state index is 0.0898. The van der Waals surface area contributed by atoms with E-state index in [1.165, 1.54) is 37.6 Å². The average Bonchev–Trinajstić information content (AvgIpc) is 3.32. The van der Waals surface area contributed by atoms with E-state index in [4.69, 9.17) is 4.74 Å². The van der Waals surface area contributed by atoms with E-state index in [1.807, 2.05) is 4.57 Å². The van der Waals surface area contributed by atoms with Crippen LogP contribution >= 0.6 is 7.14 Å². The summed E-state index contributed by atoms with van der Waals surface area (Å²) < 4.78 is 75.0. The van der Waals surface area contributed by atoms with Gasteiger partial charge in [-0.05, 0) is 67.3 Å². The van der Waals surface area contributed by atoms with Gasteiger partial charge >= 0.3 is 6.61 Å². The van der Waals surface area contributed by atoms with E-state index in [2.05, 4.69) is 10.3 Å². The second-order valence-corrected chi connectivity index (χ2v) is 13.5. The van der Waals surface area contributed by atoms with Crippen LogP contribution < -0.4 is 10.1 Å². The topological polar surface area (TPSA) is 73.2 Å². The number of imidazole rings is 1. The molecule has 3 heterocycles. The minimum Gasteiger partial charge on any atom is -0.434 e. The lowest BCUT2D eigenvalue weighted by atomic mass is 9.97. The fourth-order valence-corrected chi connectivity index (χ4v) is 6.55. The molecule has 0 saturated heterocycles. The zero-order chi connectivity index (χ0) is 26.9. The van der Waals surface area contributed by atoms with Crippen LogP contribution in [0.1, 0.15) is 45.8 Å². The molecule has 4 aromatic rings. The molecule has 2 aliphatic heterocycles. The second kappa shape index (κ2) is 8.70. The van der Waals surface area contributed by atoms with E-state index < -0.39 is 43.4 Å². The van der Waals surface area contributed by atoms with Crippen molar-refractivity contribution in [3.8, 4) is 16.9 Å². The zero-order valence-corrected chi connectivity index (χ0v) is 21.2. The van der Waals surface area contributed by atoms with Crippen LogP contribution in [0.15, 0.2) is 48.5 Å². The number of rotatable bonds is 5. The van der Waals surface area contributed by atoms with E-state index in [0.717, 1.165) is 0 Å². The number of carbonyl (C=O) groups is 1. The largest absolute Gasteiger partial charge is 0.434 e. The van der Waals surface area contributed by atoms with Crippen molar-refractivity contribution in [2.45, 2.75) is 31.3 Å². The van der Waals surface area contributed by atoms with Crippen LogP contribution in [0.5, 0.6) is 5.75 Å². The quantitative estimate of drug-likeness (QED) is 0.231. The number of alkyl halides is 2. The molecule has 0 radical (unpaired) electrons. The van der Waals surface area contributed by atoms with Gasteiger partial charge in [-0.1, -0.05) is 12.1 Å². The van der Waals surface area contributed by atoms with Crippen molar-refractivity contribution in [2.24, 2.45) is 0 Å². The van der Waals surface area contributed by atoms with Gasteiger partial charge in [-0.15, -0.1) is 0 Å². The third-order valence-corrected chi connectivity index (χ3v) is 8.06. The molecule has 0 spiro atoms. The lowest BCUT2D eigenvalue weighted by Gasteiger charge is -2.21. The Morgan fingerprint density at radius 3 is 2.53 bits per heavy atom. The lowest BCUT2D eigenvalue weighted by Crippen LogP contribution is -2.28. The van der Waals surface area contributed by atoms with Crippen LogP contribution in [-0.2, 0) is 10.7 Å². The maximum Gasteiger partial charge on any atom is 0.387 e. The predicted molar refractivity (Wildman–Crippen MR) is 134 cm³/mol. The normalized spacial score (nSPS) is 18.3. The van der Waals surface area contributed by atoms with E-state index >= 15 is 0 Å². The molecular formula is C27H22F4N3O3P. The fourth-order valence-electron chi connectivity index (χ4n) is 5.49. The Morgan fingerprint density at radius 2 is 1.84 bits per heavy atom. The summed E-state index contributed by atoms with van der Waals surface area (Å²) in [6.45, 7) is -0.118. The highest BCUT2D eigenvalue weighted by atomic mass is 31.2. The Hall–Kier alpha value is -3.65. The van der Waals surface area contributed by atoms with E-state index in [9.17, 15) is 26.9 Å². The molecule has 0 fully saturated rings. The highest BCUT2D eigenvalue weighted by molar-refractivity contribution is 7.61. The number of ether oxygens (including phenoxy) is 1. The monoisotopic (exact) mass is 543 g/mol. The Morgan fingerprint density at radius 1 is 1.11 bits per heavy atom. The smallest absolute Gasteiger partial charge is 0.387 e. The molecular weight excluding hydrogens is 521 g/mol. The number of amides is 1. The fraction of sp³-hybridized carbons (Fsp3) is 0.259. The summed E-state index contributed by atoms with van der Waals surface area (Å²) >= 11 is 0. The van der Waals surface area contributed by atoms with E-state index in [-0.39, 0.29) is 28.6 Å². The Labute approximate surface area is 215 Å². The molecule has 2 aliphatic rings. The van der Waals surface area contributed by atoms with Gasteiger partial charge < -0.3 is 19.2 Å². The first-order valence-electron chi connectivity index (χ1n) is 11.9. The molecule has 196 valence electrons. The number of aromatic nitrogens is 2. The maximum atomic E-state index is 14.9. The number of benzene rings is 3. The third kappa shape index (κ3) is 4.07. The highest BCUT2D eigenvalue weighted by Gasteiger charge is 2.42. The zero-order valence-electron chi connectivity index (χ0n) is 20.3. The van der Waals surface area contributed by atoms with Crippen LogP contribution in [0, 0.1) is 11.6 Å². The van der Waals surface area contributed by atoms with Crippen molar-refractivity contribution < 1.29 is 31.7 Å². The van der Waals surface area contributed by atoms with Gasteiger partial charge in [0.05, 0.1) is 30.3 Å². The minimum atomic E-state index is -3.07. The molecule has 0 aliphatic carbocycles. The maximum absolute atomic E-state index is 14.9.